The molecule has 0 aromatic heterocycles. The topological polar surface area (TPSA) is 125 Å². The number of thioether (sulfide) groups is 1. The molecule has 12 heteroatoms. The fourth-order valence-electron chi connectivity index (χ4n) is 2.98. The van der Waals surface area contributed by atoms with Crippen LogP contribution in [-0.2, 0) is 19.5 Å². The molecule has 0 unspecified atom stereocenters. The van der Waals surface area contributed by atoms with Crippen LogP contribution < -0.4 is 4.74 Å². The summed E-state index contributed by atoms with van der Waals surface area (Å²) in [4.78, 5) is 23.7. The van der Waals surface area contributed by atoms with Gasteiger partial charge in [-0.2, -0.15) is 4.31 Å². The number of nitrogens with zero attached hydrogens (tertiary/aromatic N) is 2. The number of nitro benzene ring substituents is 1. The molecule has 2 aromatic carbocycles. The summed E-state index contributed by atoms with van der Waals surface area (Å²) in [6.45, 7) is 1.21. The van der Waals surface area contributed by atoms with Gasteiger partial charge in [-0.3, -0.25) is 10.1 Å². The standard InChI is InChI=1S/C20H22N2O8S2/c1-31-16-4-7-19(22(24)25)18(14-16)20(23)30-13-12-29-15-2-5-17(6-3-15)32(26,27)21-8-10-28-11-9-21/h2-7,14H,8-13H2,1H3. The number of morpholine rings is 1. The van der Waals surface area contributed by atoms with Crippen molar-refractivity contribution in [3.63, 3.8) is 0 Å². The molecular weight excluding hydrogens is 460 g/mol. The summed E-state index contributed by atoms with van der Waals surface area (Å²) in [6.07, 6.45) is 1.79. The van der Waals surface area contributed by atoms with Crippen molar-refractivity contribution >= 4 is 33.4 Å². The van der Waals surface area contributed by atoms with Gasteiger partial charge < -0.3 is 14.2 Å². The van der Waals surface area contributed by atoms with Crippen LogP contribution >= 0.6 is 11.8 Å². The third kappa shape index (κ3) is 5.76. The lowest BCUT2D eigenvalue weighted by Crippen LogP contribution is -2.40. The van der Waals surface area contributed by atoms with Crippen LogP contribution in [0.25, 0.3) is 0 Å². The second kappa shape index (κ2) is 10.8. The van der Waals surface area contributed by atoms with Crippen molar-refractivity contribution in [2.24, 2.45) is 0 Å². The minimum atomic E-state index is -3.59. The number of nitro groups is 1. The Morgan fingerprint density at radius 2 is 1.84 bits per heavy atom. The van der Waals surface area contributed by atoms with E-state index in [1.165, 1.54) is 52.5 Å². The van der Waals surface area contributed by atoms with Gasteiger partial charge in [0.05, 0.1) is 23.0 Å². The first kappa shape index (κ1) is 24.0. The average Bonchev–Trinajstić information content (AvgIpc) is 2.82. The van der Waals surface area contributed by atoms with E-state index in [2.05, 4.69) is 0 Å². The number of hydrogen-bond donors (Lipinski definition) is 0. The molecule has 1 fully saturated rings. The lowest BCUT2D eigenvalue weighted by atomic mass is 10.2. The maximum absolute atomic E-state index is 12.6. The molecule has 3 rings (SSSR count). The number of carbonyl (C=O) groups excluding carboxylic acids is 1. The van der Waals surface area contributed by atoms with Gasteiger partial charge in [0.2, 0.25) is 10.0 Å². The molecule has 0 saturated carbocycles. The first-order chi connectivity index (χ1) is 15.3. The maximum atomic E-state index is 12.6. The van der Waals surface area contributed by atoms with E-state index in [0.717, 1.165) is 0 Å². The number of esters is 1. The molecule has 0 amide bonds. The monoisotopic (exact) mass is 482 g/mol. The van der Waals surface area contributed by atoms with Crippen molar-refractivity contribution in [1.29, 1.82) is 0 Å². The lowest BCUT2D eigenvalue weighted by Gasteiger charge is -2.26. The molecule has 0 spiro atoms. The summed E-state index contributed by atoms with van der Waals surface area (Å²) in [7, 11) is -3.59. The zero-order chi connectivity index (χ0) is 23.1. The number of benzene rings is 2. The Balaban J connectivity index is 1.54. The predicted octanol–water partition coefficient (Wildman–Crippen LogP) is 2.57. The summed E-state index contributed by atoms with van der Waals surface area (Å²) in [5.41, 5.74) is -0.453. The van der Waals surface area contributed by atoms with Crippen LogP contribution in [0.15, 0.2) is 52.3 Å². The van der Waals surface area contributed by atoms with E-state index in [1.807, 2.05) is 0 Å². The van der Waals surface area contributed by atoms with Crippen LogP contribution in [0.5, 0.6) is 5.75 Å². The van der Waals surface area contributed by atoms with E-state index in [1.54, 1.807) is 12.3 Å². The van der Waals surface area contributed by atoms with Gasteiger partial charge in [-0.1, -0.05) is 0 Å². The van der Waals surface area contributed by atoms with Gasteiger partial charge in [-0.15, -0.1) is 11.8 Å². The summed E-state index contributed by atoms with van der Waals surface area (Å²) in [5.74, 6) is -0.416. The molecule has 1 aliphatic heterocycles. The van der Waals surface area contributed by atoms with Crippen LogP contribution in [0.1, 0.15) is 10.4 Å². The number of rotatable bonds is 9. The maximum Gasteiger partial charge on any atom is 0.345 e. The van der Waals surface area contributed by atoms with Gasteiger partial charge in [0.25, 0.3) is 5.69 Å². The van der Waals surface area contributed by atoms with E-state index in [-0.39, 0.29) is 29.4 Å². The molecule has 1 saturated heterocycles. The van der Waals surface area contributed by atoms with E-state index >= 15 is 0 Å². The fourth-order valence-corrected chi connectivity index (χ4v) is 4.83. The zero-order valence-electron chi connectivity index (χ0n) is 17.3. The van der Waals surface area contributed by atoms with Crippen molar-refractivity contribution in [1.82, 2.24) is 4.31 Å². The lowest BCUT2D eigenvalue weighted by molar-refractivity contribution is -0.385. The highest BCUT2D eigenvalue weighted by Gasteiger charge is 2.26. The molecule has 0 atom stereocenters. The normalized spacial score (nSPS) is 14.7. The third-order valence-electron chi connectivity index (χ3n) is 4.64. The molecule has 172 valence electrons. The van der Waals surface area contributed by atoms with Gasteiger partial charge in [-0.05, 0) is 42.7 Å². The molecule has 0 aliphatic carbocycles. The van der Waals surface area contributed by atoms with Crippen molar-refractivity contribution in [3.05, 3.63) is 58.1 Å². The van der Waals surface area contributed by atoms with E-state index in [4.69, 9.17) is 14.2 Å². The van der Waals surface area contributed by atoms with Crippen LogP contribution in [0, 0.1) is 10.1 Å². The van der Waals surface area contributed by atoms with Gasteiger partial charge in [0, 0.05) is 24.1 Å². The summed E-state index contributed by atoms with van der Waals surface area (Å²) < 4.78 is 42.4. The predicted molar refractivity (Wildman–Crippen MR) is 117 cm³/mol. The van der Waals surface area contributed by atoms with Crippen LogP contribution in [0.3, 0.4) is 0 Å². The minimum absolute atomic E-state index is 0.00266. The second-order valence-electron chi connectivity index (χ2n) is 6.61. The number of carbonyl (C=O) groups is 1. The van der Waals surface area contributed by atoms with Crippen molar-refractivity contribution in [2.45, 2.75) is 9.79 Å². The minimum Gasteiger partial charge on any atom is -0.490 e. The summed E-state index contributed by atoms with van der Waals surface area (Å²) in [5, 5.41) is 11.2. The molecule has 10 nitrogen and oxygen atoms in total. The molecule has 0 N–H and O–H groups in total. The Kier molecular flexibility index (Phi) is 8.07. The summed E-state index contributed by atoms with van der Waals surface area (Å²) in [6, 6.07) is 10.2. The Hall–Kier alpha value is -2.67. The molecule has 1 aliphatic rings. The van der Waals surface area contributed by atoms with Gasteiger partial charge in [-0.25, -0.2) is 13.2 Å². The molecule has 0 bridgehead atoms. The quantitative estimate of drug-likeness (QED) is 0.174. The van der Waals surface area contributed by atoms with Crippen molar-refractivity contribution in [3.8, 4) is 5.75 Å². The third-order valence-corrected chi connectivity index (χ3v) is 7.28. The molecule has 2 aromatic rings. The van der Waals surface area contributed by atoms with Crippen molar-refractivity contribution < 1.29 is 32.3 Å². The largest absolute Gasteiger partial charge is 0.490 e. The highest BCUT2D eigenvalue weighted by atomic mass is 32.2. The van der Waals surface area contributed by atoms with E-state index in [9.17, 15) is 23.3 Å². The Bertz CT molecular complexity index is 1070. The highest BCUT2D eigenvalue weighted by Crippen LogP contribution is 2.25. The number of ether oxygens (including phenoxy) is 3. The zero-order valence-corrected chi connectivity index (χ0v) is 18.9. The fraction of sp³-hybridized carbons (Fsp3) is 0.350. The molecule has 0 radical (unpaired) electrons. The number of hydrogen-bond acceptors (Lipinski definition) is 9. The smallest absolute Gasteiger partial charge is 0.345 e. The average molecular weight is 483 g/mol. The van der Waals surface area contributed by atoms with Gasteiger partial charge >= 0.3 is 5.97 Å². The van der Waals surface area contributed by atoms with Crippen LogP contribution in [-0.4, -0.2) is 69.4 Å². The Morgan fingerprint density at radius 3 is 2.47 bits per heavy atom. The Morgan fingerprint density at radius 1 is 1.16 bits per heavy atom. The number of sulfonamides is 1. The van der Waals surface area contributed by atoms with Gasteiger partial charge in [0.15, 0.2) is 0 Å². The SMILES string of the molecule is CSc1ccc([N+](=O)[O-])c(C(=O)OCCOc2ccc(S(=O)(=O)N3CCOCC3)cc2)c1. The van der Waals surface area contributed by atoms with Gasteiger partial charge in [0.1, 0.15) is 24.5 Å². The van der Waals surface area contributed by atoms with Crippen LogP contribution in [0.4, 0.5) is 5.69 Å². The first-order valence-corrected chi connectivity index (χ1v) is 12.3. The summed E-state index contributed by atoms with van der Waals surface area (Å²) >= 11 is 1.35. The first-order valence-electron chi connectivity index (χ1n) is 9.63. The molecular formula is C20H22N2O8S2. The second-order valence-corrected chi connectivity index (χ2v) is 9.43. The highest BCUT2D eigenvalue weighted by molar-refractivity contribution is 7.98. The molecule has 1 heterocycles. The van der Waals surface area contributed by atoms with E-state index in [0.29, 0.717) is 36.9 Å². The Labute approximate surface area is 189 Å². The molecule has 32 heavy (non-hydrogen) atoms. The van der Waals surface area contributed by atoms with Crippen molar-refractivity contribution in [2.75, 3.05) is 45.8 Å². The van der Waals surface area contributed by atoms with E-state index < -0.39 is 20.9 Å². The van der Waals surface area contributed by atoms with Crippen LogP contribution in [0.2, 0.25) is 0 Å².